The van der Waals surface area contributed by atoms with Crippen molar-refractivity contribution >= 4 is 24.0 Å². The molecule has 0 radical (unpaired) electrons. The van der Waals surface area contributed by atoms with Crippen LogP contribution in [0.3, 0.4) is 0 Å². The van der Waals surface area contributed by atoms with Gasteiger partial charge in [0, 0.05) is 5.56 Å². The topological polar surface area (TPSA) is 75.6 Å². The summed E-state index contributed by atoms with van der Waals surface area (Å²) in [6.45, 7) is 1.64. The van der Waals surface area contributed by atoms with Crippen molar-refractivity contribution in [1.29, 1.82) is 0 Å². The molecule has 0 aliphatic rings. The minimum Gasteiger partial charge on any atom is -0.464 e. The Labute approximate surface area is 114 Å². The Morgan fingerprint density at radius 2 is 2.32 bits per heavy atom. The Bertz CT molecular complexity index is 469. The van der Waals surface area contributed by atoms with Gasteiger partial charge in [0.1, 0.15) is 11.9 Å². The van der Waals surface area contributed by atoms with Crippen LogP contribution in [0.15, 0.2) is 18.2 Å². The van der Waals surface area contributed by atoms with Gasteiger partial charge in [-0.15, -0.1) is 0 Å². The first-order chi connectivity index (χ1) is 9.02. The number of aliphatic hydroxyl groups excluding tert-OH is 1. The highest BCUT2D eigenvalue weighted by atomic mass is 35.5. The molecule has 7 heteroatoms. The maximum Gasteiger partial charge on any atom is 0.331 e. The second kappa shape index (κ2) is 7.06. The van der Waals surface area contributed by atoms with Crippen molar-refractivity contribution < 1.29 is 23.8 Å². The molecule has 0 saturated heterocycles. The fourth-order valence-electron chi connectivity index (χ4n) is 1.52. The lowest BCUT2D eigenvalue weighted by molar-refractivity contribution is -0.149. The van der Waals surface area contributed by atoms with Crippen molar-refractivity contribution in [1.82, 2.24) is 5.32 Å². The van der Waals surface area contributed by atoms with Crippen molar-refractivity contribution in [2.24, 2.45) is 0 Å². The Balaban J connectivity index is 3.05. The smallest absolute Gasteiger partial charge is 0.331 e. The van der Waals surface area contributed by atoms with Gasteiger partial charge >= 0.3 is 5.97 Å². The maximum absolute atomic E-state index is 13.7. The van der Waals surface area contributed by atoms with E-state index in [0.717, 1.165) is 0 Å². The molecule has 19 heavy (non-hydrogen) atoms. The van der Waals surface area contributed by atoms with E-state index >= 15 is 0 Å². The van der Waals surface area contributed by atoms with Crippen molar-refractivity contribution in [3.8, 4) is 0 Å². The minimum absolute atomic E-state index is 0.0701. The predicted octanol–water partition coefficient (Wildman–Crippen LogP) is 1.19. The first kappa shape index (κ1) is 15.4. The average Bonchev–Trinajstić information content (AvgIpc) is 2.38. The van der Waals surface area contributed by atoms with Crippen LogP contribution in [0.4, 0.5) is 4.39 Å². The molecule has 2 unspecified atom stereocenters. The molecule has 1 rings (SSSR count). The molecule has 0 heterocycles. The van der Waals surface area contributed by atoms with Gasteiger partial charge in [-0.2, -0.15) is 0 Å². The molecule has 1 aromatic rings. The second-order valence-corrected chi connectivity index (χ2v) is 4.01. The van der Waals surface area contributed by atoms with Crippen LogP contribution < -0.4 is 5.32 Å². The third-order valence-corrected chi connectivity index (χ3v) is 2.70. The van der Waals surface area contributed by atoms with E-state index in [4.69, 9.17) is 16.3 Å². The number of ether oxygens (including phenoxy) is 1. The van der Waals surface area contributed by atoms with Gasteiger partial charge in [-0.1, -0.05) is 23.7 Å². The molecule has 0 fully saturated rings. The fourth-order valence-corrected chi connectivity index (χ4v) is 1.70. The summed E-state index contributed by atoms with van der Waals surface area (Å²) < 4.78 is 18.4. The molecule has 104 valence electrons. The minimum atomic E-state index is -1.59. The highest BCUT2D eigenvalue weighted by molar-refractivity contribution is 6.30. The van der Waals surface area contributed by atoms with Crippen LogP contribution in [-0.2, 0) is 14.3 Å². The van der Waals surface area contributed by atoms with Gasteiger partial charge in [0.2, 0.25) is 6.41 Å². The number of hydrogen-bond acceptors (Lipinski definition) is 4. The SMILES string of the molecule is CCOC(=O)C(NC=O)C(O)c1cccc(Cl)c1F. The number of carbonyl (C=O) groups excluding carboxylic acids is 2. The van der Waals surface area contributed by atoms with Crippen LogP contribution >= 0.6 is 11.6 Å². The normalized spacial score (nSPS) is 13.5. The number of carbonyl (C=O) groups is 2. The third-order valence-electron chi connectivity index (χ3n) is 2.40. The Kier molecular flexibility index (Phi) is 5.72. The summed E-state index contributed by atoms with van der Waals surface area (Å²) in [7, 11) is 0. The molecular weight excluding hydrogens is 277 g/mol. The summed E-state index contributed by atoms with van der Waals surface area (Å²) in [5.74, 6) is -1.71. The zero-order valence-electron chi connectivity index (χ0n) is 10.1. The molecule has 5 nitrogen and oxygen atoms in total. The molecule has 0 saturated carbocycles. The lowest BCUT2D eigenvalue weighted by Crippen LogP contribution is -2.42. The number of rotatable bonds is 6. The highest BCUT2D eigenvalue weighted by Gasteiger charge is 2.31. The van der Waals surface area contributed by atoms with E-state index in [1.807, 2.05) is 0 Å². The Morgan fingerprint density at radius 1 is 1.63 bits per heavy atom. The molecular formula is C12H13ClFNO4. The average molecular weight is 290 g/mol. The predicted molar refractivity (Wildman–Crippen MR) is 66.0 cm³/mol. The van der Waals surface area contributed by atoms with Gasteiger partial charge in [0.05, 0.1) is 11.6 Å². The van der Waals surface area contributed by atoms with Gasteiger partial charge in [-0.05, 0) is 13.0 Å². The third kappa shape index (κ3) is 3.65. The summed E-state index contributed by atoms with van der Waals surface area (Å²) in [6.07, 6.45) is -1.37. The second-order valence-electron chi connectivity index (χ2n) is 3.60. The van der Waals surface area contributed by atoms with E-state index in [0.29, 0.717) is 0 Å². The zero-order chi connectivity index (χ0) is 14.4. The quantitative estimate of drug-likeness (QED) is 0.609. The zero-order valence-corrected chi connectivity index (χ0v) is 10.9. The maximum atomic E-state index is 13.7. The van der Waals surface area contributed by atoms with Gasteiger partial charge in [0.25, 0.3) is 0 Å². The van der Waals surface area contributed by atoms with Crippen molar-refractivity contribution in [3.63, 3.8) is 0 Å². The summed E-state index contributed by atoms with van der Waals surface area (Å²) in [4.78, 5) is 22.0. The number of esters is 1. The summed E-state index contributed by atoms with van der Waals surface area (Å²) in [5.41, 5.74) is -0.195. The standard InChI is InChI=1S/C12H13ClFNO4/c1-2-19-12(18)10(15-6-16)11(17)7-4-3-5-8(13)9(7)14/h3-6,10-11,17H,2H2,1H3,(H,15,16). The first-order valence-electron chi connectivity index (χ1n) is 5.51. The van der Waals surface area contributed by atoms with E-state index in [1.54, 1.807) is 6.92 Å². The Morgan fingerprint density at radius 3 is 2.89 bits per heavy atom. The number of aliphatic hydroxyl groups is 1. The van der Waals surface area contributed by atoms with Crippen LogP contribution in [0.1, 0.15) is 18.6 Å². The molecule has 0 spiro atoms. The van der Waals surface area contributed by atoms with Gasteiger partial charge < -0.3 is 15.2 Å². The molecule has 0 aliphatic carbocycles. The van der Waals surface area contributed by atoms with Gasteiger partial charge in [-0.25, -0.2) is 9.18 Å². The number of halogens is 2. The molecule has 0 bridgehead atoms. The van der Waals surface area contributed by atoms with Crippen LogP contribution in [-0.4, -0.2) is 30.1 Å². The van der Waals surface area contributed by atoms with Crippen LogP contribution in [0.5, 0.6) is 0 Å². The summed E-state index contributed by atoms with van der Waals surface area (Å²) >= 11 is 5.59. The lowest BCUT2D eigenvalue weighted by atomic mass is 10.0. The van der Waals surface area contributed by atoms with Crippen LogP contribution in [0.2, 0.25) is 5.02 Å². The monoisotopic (exact) mass is 289 g/mol. The van der Waals surface area contributed by atoms with Gasteiger partial charge in [0.15, 0.2) is 6.04 Å². The van der Waals surface area contributed by atoms with E-state index in [9.17, 15) is 19.1 Å². The molecule has 1 amide bonds. The van der Waals surface area contributed by atoms with Crippen LogP contribution in [0.25, 0.3) is 0 Å². The van der Waals surface area contributed by atoms with E-state index < -0.39 is 23.9 Å². The molecule has 2 N–H and O–H groups in total. The number of nitrogens with one attached hydrogen (secondary N) is 1. The Hall–Kier alpha value is -1.66. The largest absolute Gasteiger partial charge is 0.464 e. The summed E-state index contributed by atoms with van der Waals surface area (Å²) in [6, 6.07) is 2.60. The van der Waals surface area contributed by atoms with Crippen molar-refractivity contribution in [2.45, 2.75) is 19.1 Å². The highest BCUT2D eigenvalue weighted by Crippen LogP contribution is 2.25. The number of benzene rings is 1. The lowest BCUT2D eigenvalue weighted by Gasteiger charge is -2.21. The molecule has 0 aliphatic heterocycles. The molecule has 0 aromatic heterocycles. The number of hydrogen-bond donors (Lipinski definition) is 2. The summed E-state index contributed by atoms with van der Waals surface area (Å²) in [5, 5.41) is 11.9. The van der Waals surface area contributed by atoms with E-state index in [1.165, 1.54) is 18.2 Å². The number of amides is 1. The van der Waals surface area contributed by atoms with E-state index in [-0.39, 0.29) is 23.6 Å². The fraction of sp³-hybridized carbons (Fsp3) is 0.333. The van der Waals surface area contributed by atoms with E-state index in [2.05, 4.69) is 5.32 Å². The van der Waals surface area contributed by atoms with Crippen molar-refractivity contribution in [3.05, 3.63) is 34.6 Å². The van der Waals surface area contributed by atoms with Crippen molar-refractivity contribution in [2.75, 3.05) is 6.61 Å². The van der Waals surface area contributed by atoms with Crippen LogP contribution in [0, 0.1) is 5.82 Å². The first-order valence-corrected chi connectivity index (χ1v) is 5.89. The molecule has 2 atom stereocenters. The van der Waals surface area contributed by atoms with Gasteiger partial charge in [-0.3, -0.25) is 4.79 Å². The molecule has 1 aromatic carbocycles.